The van der Waals surface area contributed by atoms with Gasteiger partial charge in [-0.3, -0.25) is 4.79 Å². The summed E-state index contributed by atoms with van der Waals surface area (Å²) in [5, 5.41) is 152. The van der Waals surface area contributed by atoms with Crippen LogP contribution in [-0.2, 0) is 61.6 Å². The number of aliphatic hydroxyl groups is 14. The average molecular weight is 1170 g/mol. The van der Waals surface area contributed by atoms with E-state index in [2.05, 4.69) is 27.7 Å². The first-order chi connectivity index (χ1) is 38.4. The molecule has 7 aliphatic heterocycles. The highest BCUT2D eigenvalue weighted by atomic mass is 16.8. The van der Waals surface area contributed by atoms with E-state index in [0.717, 1.165) is 32.1 Å². The zero-order valence-corrected chi connectivity index (χ0v) is 45.9. The zero-order valence-electron chi connectivity index (χ0n) is 45.9. The van der Waals surface area contributed by atoms with Gasteiger partial charge in [0.25, 0.3) is 0 Å². The molecule has 7 saturated heterocycles. The van der Waals surface area contributed by atoms with Crippen molar-refractivity contribution in [2.75, 3.05) is 33.0 Å². The molecule has 0 amide bonds. The number of rotatable bonds is 12. The van der Waals surface area contributed by atoms with E-state index in [0.29, 0.717) is 44.1 Å². The Balaban J connectivity index is 0.798. The Morgan fingerprint density at radius 3 is 1.79 bits per heavy atom. The molecule has 27 heteroatoms. The van der Waals surface area contributed by atoms with Gasteiger partial charge in [-0.2, -0.15) is 0 Å². The van der Waals surface area contributed by atoms with Crippen LogP contribution in [0.5, 0.6) is 0 Å². The molecule has 11 fully saturated rings. The summed E-state index contributed by atoms with van der Waals surface area (Å²) in [5.41, 5.74) is -0.777. The highest BCUT2D eigenvalue weighted by Crippen LogP contribution is 2.70. The van der Waals surface area contributed by atoms with Crippen LogP contribution in [0.25, 0.3) is 0 Å². The molecule has 464 valence electrons. The molecule has 0 aromatic rings. The molecule has 7 heterocycles. The molecule has 81 heavy (non-hydrogen) atoms. The van der Waals surface area contributed by atoms with Crippen LogP contribution < -0.4 is 0 Å². The summed E-state index contributed by atoms with van der Waals surface area (Å²) >= 11 is 0. The van der Waals surface area contributed by atoms with Gasteiger partial charge in [-0.15, -0.1) is 0 Å². The molecule has 35 unspecified atom stereocenters. The van der Waals surface area contributed by atoms with Crippen LogP contribution in [-0.4, -0.2) is 270 Å². The van der Waals surface area contributed by atoms with Crippen molar-refractivity contribution < 1.29 is 133 Å². The molecule has 4 saturated carbocycles. The minimum Gasteiger partial charge on any atom is -0.394 e. The second-order valence-electron chi connectivity index (χ2n) is 25.8. The topological polar surface area (TPSA) is 411 Å². The van der Waals surface area contributed by atoms with Crippen molar-refractivity contribution in [1.82, 2.24) is 0 Å². The Labute approximate surface area is 468 Å². The lowest BCUT2D eigenvalue weighted by Gasteiger charge is -2.61. The van der Waals surface area contributed by atoms with Crippen LogP contribution in [0.3, 0.4) is 0 Å². The van der Waals surface area contributed by atoms with Gasteiger partial charge in [-0.1, -0.05) is 27.7 Å². The fraction of sp³-hybridized carbons (Fsp3) is 0.981. The third kappa shape index (κ3) is 10.6. The first-order valence-electron chi connectivity index (χ1n) is 29.1. The van der Waals surface area contributed by atoms with E-state index in [1.165, 1.54) is 0 Å². The van der Waals surface area contributed by atoms with Gasteiger partial charge in [0.15, 0.2) is 43.5 Å². The standard InChI is InChI=1S/C54H86O27/c1-19-7-10-54(72-16-19)20(2)32-28(81-54)12-25-23-6-5-21-11-22(8-9-52(21,3)24(23)13-31(59)53(25,32)4)73-51-45(40(67)42(30(15-56)75-51)76-47-37(64)33(60)26(57)17-70-47)79-50-41(68)43(35(62)29(14-55)74-50)77-49-39(66)36(63)44(46(69)80-49)78-48-38(65)34(61)27(58)18-71-48/h19-30,32-51,55-58,60-69H,5-18H2,1-4H3. The molecule has 11 aliphatic rings. The minimum atomic E-state index is -2.16. The summed E-state index contributed by atoms with van der Waals surface area (Å²) in [6.07, 6.45) is -35.7. The minimum absolute atomic E-state index is 0.0574. The van der Waals surface area contributed by atoms with Crippen molar-refractivity contribution in [3.8, 4) is 0 Å². The van der Waals surface area contributed by atoms with Crippen molar-refractivity contribution in [3.63, 3.8) is 0 Å². The van der Waals surface area contributed by atoms with E-state index < -0.39 is 185 Å². The van der Waals surface area contributed by atoms with E-state index in [1.807, 2.05) is 0 Å². The summed E-state index contributed by atoms with van der Waals surface area (Å²) in [6, 6.07) is 0. The predicted octanol–water partition coefficient (Wildman–Crippen LogP) is -4.67. The summed E-state index contributed by atoms with van der Waals surface area (Å²) in [4.78, 5) is 14.9. The van der Waals surface area contributed by atoms with Crippen LogP contribution in [0.1, 0.15) is 85.5 Å². The Hall–Kier alpha value is -1.37. The van der Waals surface area contributed by atoms with Crippen LogP contribution in [0.2, 0.25) is 0 Å². The van der Waals surface area contributed by atoms with E-state index >= 15 is 0 Å². The first kappa shape index (κ1) is 61.3. The largest absolute Gasteiger partial charge is 0.394 e. The van der Waals surface area contributed by atoms with Crippen molar-refractivity contribution >= 4 is 5.78 Å². The van der Waals surface area contributed by atoms with E-state index in [-0.39, 0.29) is 46.9 Å². The number of aliphatic hydroxyl groups excluding tert-OH is 14. The van der Waals surface area contributed by atoms with E-state index in [4.69, 9.17) is 56.8 Å². The lowest BCUT2D eigenvalue weighted by atomic mass is 9.44. The van der Waals surface area contributed by atoms with Gasteiger partial charge >= 0.3 is 0 Å². The Kier molecular flexibility index (Phi) is 17.9. The van der Waals surface area contributed by atoms with Gasteiger partial charge in [0.1, 0.15) is 110 Å². The van der Waals surface area contributed by atoms with Gasteiger partial charge in [-0.05, 0) is 80.0 Å². The van der Waals surface area contributed by atoms with Gasteiger partial charge in [0, 0.05) is 30.1 Å². The molecule has 35 atom stereocenters. The van der Waals surface area contributed by atoms with Gasteiger partial charge in [0.2, 0.25) is 0 Å². The maximum atomic E-state index is 14.9. The van der Waals surface area contributed by atoms with Crippen molar-refractivity contribution in [3.05, 3.63) is 0 Å². The Bertz CT molecular complexity index is 2160. The number of ether oxygens (including phenoxy) is 12. The Morgan fingerprint density at radius 2 is 1.15 bits per heavy atom. The first-order valence-corrected chi connectivity index (χ1v) is 29.1. The average Bonchev–Trinajstić information content (AvgIpc) is 3.94. The molecular formula is C54H86O27. The number of fused-ring (bicyclic) bond motifs is 7. The van der Waals surface area contributed by atoms with Gasteiger partial charge in [0.05, 0.1) is 45.2 Å². The van der Waals surface area contributed by atoms with E-state index in [1.54, 1.807) is 0 Å². The SMILES string of the molecule is CC1CCC2(OC1)OC1CC3C4CCC5CC(OC6OC(CO)C(OC7OCC(O)C(O)C7O)C(O)C6OC6OC(CO)C(O)C(OC7OC(O)C(OC8OCC(O)C(O)C8O)C(O)C7O)C6O)CCC5(C)C4CC(=O)C3(C)C1C2C. The number of Topliss-reactive ketones (excluding diaryl/α,β-unsaturated/α-hetero) is 1. The smallest absolute Gasteiger partial charge is 0.189 e. The van der Waals surface area contributed by atoms with Crippen molar-refractivity contribution in [2.45, 2.75) is 245 Å². The molecular weight excluding hydrogens is 1080 g/mol. The molecule has 0 bridgehead atoms. The van der Waals surface area contributed by atoms with Gasteiger partial charge < -0.3 is 128 Å². The second kappa shape index (κ2) is 23.6. The number of hydrogen-bond acceptors (Lipinski definition) is 27. The highest BCUT2D eigenvalue weighted by Gasteiger charge is 2.72. The summed E-state index contributed by atoms with van der Waals surface area (Å²) in [5.74, 6) is 0.901. The maximum absolute atomic E-state index is 14.9. The molecule has 0 aromatic heterocycles. The fourth-order valence-electron chi connectivity index (χ4n) is 16.5. The molecule has 27 nitrogen and oxygen atoms in total. The summed E-state index contributed by atoms with van der Waals surface area (Å²) in [6.45, 7) is 6.81. The number of ketones is 1. The lowest BCUT2D eigenvalue weighted by Crippen LogP contribution is -2.68. The summed E-state index contributed by atoms with van der Waals surface area (Å²) < 4.78 is 72.1. The predicted molar refractivity (Wildman–Crippen MR) is 264 cm³/mol. The monoisotopic (exact) mass is 1170 g/mol. The normalized spacial score (nSPS) is 57.6. The van der Waals surface area contributed by atoms with Crippen LogP contribution in [0, 0.1) is 52.3 Å². The molecule has 1 spiro atoms. The molecule has 4 aliphatic carbocycles. The van der Waals surface area contributed by atoms with E-state index in [9.17, 15) is 76.3 Å². The molecule has 11 rings (SSSR count). The quantitative estimate of drug-likeness (QED) is 0.0817. The zero-order chi connectivity index (χ0) is 57.9. The lowest BCUT2D eigenvalue weighted by molar-refractivity contribution is -0.408. The summed E-state index contributed by atoms with van der Waals surface area (Å²) in [7, 11) is 0. The fourth-order valence-corrected chi connectivity index (χ4v) is 16.5. The molecule has 0 aromatic carbocycles. The number of carbonyl (C=O) groups is 1. The molecule has 14 N–H and O–H groups in total. The highest BCUT2D eigenvalue weighted by molar-refractivity contribution is 5.87. The van der Waals surface area contributed by atoms with Gasteiger partial charge in [-0.25, -0.2) is 0 Å². The Morgan fingerprint density at radius 1 is 0.543 bits per heavy atom. The van der Waals surface area contributed by atoms with Crippen LogP contribution >= 0.6 is 0 Å². The van der Waals surface area contributed by atoms with Crippen LogP contribution in [0.15, 0.2) is 0 Å². The molecule has 0 radical (unpaired) electrons. The third-order valence-corrected chi connectivity index (χ3v) is 21.3. The third-order valence-electron chi connectivity index (χ3n) is 21.3. The van der Waals surface area contributed by atoms with Crippen molar-refractivity contribution in [1.29, 1.82) is 0 Å². The number of carbonyl (C=O) groups excluding carboxylic acids is 1. The maximum Gasteiger partial charge on any atom is 0.189 e. The second-order valence-corrected chi connectivity index (χ2v) is 25.8. The van der Waals surface area contributed by atoms with Crippen LogP contribution in [0.4, 0.5) is 0 Å². The van der Waals surface area contributed by atoms with Crippen molar-refractivity contribution in [2.24, 2.45) is 52.3 Å². The number of hydrogen-bond donors (Lipinski definition) is 14.